The molecule has 0 heterocycles. The van der Waals surface area contributed by atoms with E-state index in [0.29, 0.717) is 0 Å². The Morgan fingerprint density at radius 3 is 2.38 bits per heavy atom. The molecule has 1 aromatic carbocycles. The summed E-state index contributed by atoms with van der Waals surface area (Å²) in [6, 6.07) is 5.05. The van der Waals surface area contributed by atoms with Crippen LogP contribution in [0.4, 0.5) is 13.2 Å². The number of hydrogen-bond acceptors (Lipinski definition) is 4. The van der Waals surface area contributed by atoms with Crippen LogP contribution in [0.5, 0.6) is 0 Å². The van der Waals surface area contributed by atoms with Crippen molar-refractivity contribution in [2.45, 2.75) is 24.2 Å². The van der Waals surface area contributed by atoms with Gasteiger partial charge in [-0.3, -0.25) is 4.79 Å². The first-order valence-electron chi connectivity index (χ1n) is 5.87. The van der Waals surface area contributed by atoms with Crippen molar-refractivity contribution in [2.75, 3.05) is 7.11 Å². The number of hydrogen-bond donors (Lipinski definition) is 2. The number of esters is 1. The minimum atomic E-state index is -5.16. The Labute approximate surface area is 118 Å². The summed E-state index contributed by atoms with van der Waals surface area (Å²) in [7, 11) is 0.862. The van der Waals surface area contributed by atoms with Crippen LogP contribution in [0.1, 0.15) is 5.56 Å². The lowest BCUT2D eigenvalue weighted by atomic mass is 9.86. The fourth-order valence-electron chi connectivity index (χ4n) is 1.86. The number of aliphatic hydroxyl groups is 1. The molecule has 0 saturated carbocycles. The van der Waals surface area contributed by atoms with Crippen molar-refractivity contribution in [3.8, 4) is 0 Å². The molecule has 2 atom stereocenters. The summed E-state index contributed by atoms with van der Waals surface area (Å²) < 4.78 is 44.0. The van der Waals surface area contributed by atoms with Gasteiger partial charge >= 0.3 is 12.1 Å². The van der Waals surface area contributed by atoms with E-state index in [1.165, 1.54) is 24.3 Å². The Morgan fingerprint density at radius 1 is 1.38 bits per heavy atom. The molecular formula is C13H14F3NO4. The fourth-order valence-corrected chi connectivity index (χ4v) is 1.86. The molecule has 0 aliphatic rings. The summed E-state index contributed by atoms with van der Waals surface area (Å²) in [5.74, 6) is -1.39. The Balaban J connectivity index is 3.24. The monoisotopic (exact) mass is 305 g/mol. The summed E-state index contributed by atoms with van der Waals surface area (Å²) in [6.45, 7) is 0. The fraction of sp³-hybridized carbons (Fsp3) is 0.385. The van der Waals surface area contributed by atoms with Crippen LogP contribution in [0.25, 0.3) is 0 Å². The number of amides is 1. The highest BCUT2D eigenvalue weighted by molar-refractivity contribution is 5.80. The first-order chi connectivity index (χ1) is 9.76. The van der Waals surface area contributed by atoms with Gasteiger partial charge in [0.05, 0.1) is 7.11 Å². The first kappa shape index (κ1) is 17.0. The van der Waals surface area contributed by atoms with Gasteiger partial charge in [0.1, 0.15) is 0 Å². The van der Waals surface area contributed by atoms with Crippen LogP contribution in [0.2, 0.25) is 0 Å². The highest BCUT2D eigenvalue weighted by Crippen LogP contribution is 2.36. The van der Waals surface area contributed by atoms with Crippen LogP contribution in [0.15, 0.2) is 30.3 Å². The molecule has 0 aliphatic carbocycles. The lowest BCUT2D eigenvalue weighted by Crippen LogP contribution is -2.64. The van der Waals surface area contributed by atoms with Crippen LogP contribution in [-0.4, -0.2) is 42.4 Å². The summed E-state index contributed by atoms with van der Waals surface area (Å²) in [5.41, 5.74) is -3.33. The third-order valence-corrected chi connectivity index (χ3v) is 2.96. The molecule has 1 aromatic rings. The summed E-state index contributed by atoms with van der Waals surface area (Å²) in [5, 5.41) is 11.7. The van der Waals surface area contributed by atoms with Gasteiger partial charge in [-0.1, -0.05) is 30.3 Å². The molecule has 0 aromatic heterocycles. The Bertz CT molecular complexity index is 492. The second-order valence-electron chi connectivity index (χ2n) is 4.33. The van der Waals surface area contributed by atoms with E-state index in [2.05, 4.69) is 4.74 Å². The molecule has 0 radical (unpaired) electrons. The maximum absolute atomic E-state index is 13.2. The molecule has 21 heavy (non-hydrogen) atoms. The molecule has 0 bridgehead atoms. The Hall–Kier alpha value is -2.09. The molecule has 0 saturated heterocycles. The van der Waals surface area contributed by atoms with E-state index < -0.39 is 30.2 Å². The number of halogens is 3. The zero-order chi connectivity index (χ0) is 16.1. The summed E-state index contributed by atoms with van der Waals surface area (Å²) in [6.07, 6.45) is -6.15. The molecule has 2 N–H and O–H groups in total. The van der Waals surface area contributed by atoms with E-state index >= 15 is 0 Å². The number of methoxy groups -OCH3 is 1. The average Bonchev–Trinajstić information content (AvgIpc) is 2.43. The molecule has 1 rings (SSSR count). The predicted molar refractivity (Wildman–Crippen MR) is 66.2 cm³/mol. The third-order valence-electron chi connectivity index (χ3n) is 2.96. The molecule has 8 heteroatoms. The van der Waals surface area contributed by atoms with Crippen molar-refractivity contribution in [1.82, 2.24) is 5.32 Å². The number of carbonyl (C=O) groups excluding carboxylic acids is 2. The van der Waals surface area contributed by atoms with Gasteiger partial charge in [-0.25, -0.2) is 4.79 Å². The number of ether oxygens (including phenoxy) is 1. The maximum Gasteiger partial charge on any atom is 0.420 e. The van der Waals surface area contributed by atoms with Crippen LogP contribution >= 0.6 is 0 Å². The average molecular weight is 305 g/mol. The predicted octanol–water partition coefficient (Wildman–Crippen LogP) is 0.810. The van der Waals surface area contributed by atoms with Crippen LogP contribution in [-0.2, 0) is 20.7 Å². The molecule has 0 unspecified atom stereocenters. The minimum Gasteiger partial charge on any atom is -0.467 e. The second-order valence-corrected chi connectivity index (χ2v) is 4.33. The second kappa shape index (κ2) is 6.57. The maximum atomic E-state index is 13.2. The normalized spacial score (nSPS) is 15.7. The number of rotatable bonds is 6. The summed E-state index contributed by atoms with van der Waals surface area (Å²) in [4.78, 5) is 21.9. The van der Waals surface area contributed by atoms with Gasteiger partial charge in [0.25, 0.3) is 0 Å². The van der Waals surface area contributed by atoms with E-state index in [9.17, 15) is 27.9 Å². The van der Waals surface area contributed by atoms with E-state index in [-0.39, 0.29) is 12.0 Å². The molecule has 5 nitrogen and oxygen atoms in total. The molecule has 0 aliphatic heterocycles. The van der Waals surface area contributed by atoms with Crippen molar-refractivity contribution >= 4 is 12.4 Å². The standard InChI is InChI=1S/C13H14F3NO4/c1-21-11(19)10(17-8-18)12(20,13(14,15)16)7-9-5-3-2-4-6-9/h2-6,8,10,20H,7H2,1H3,(H,17,18)/t10-,12-/m0/s1. The van der Waals surface area contributed by atoms with Gasteiger partial charge in [0.2, 0.25) is 6.41 Å². The van der Waals surface area contributed by atoms with Crippen molar-refractivity contribution in [3.63, 3.8) is 0 Å². The molecule has 116 valence electrons. The molecule has 0 fully saturated rings. The van der Waals surface area contributed by atoms with E-state index in [4.69, 9.17) is 0 Å². The van der Waals surface area contributed by atoms with Crippen LogP contribution < -0.4 is 5.32 Å². The Kier molecular flexibility index (Phi) is 5.31. The lowest BCUT2D eigenvalue weighted by Gasteiger charge is -2.35. The number of alkyl halides is 3. The zero-order valence-electron chi connectivity index (χ0n) is 11.1. The largest absolute Gasteiger partial charge is 0.467 e. The number of nitrogens with one attached hydrogen (secondary N) is 1. The van der Waals surface area contributed by atoms with Gasteiger partial charge in [-0.2, -0.15) is 13.2 Å². The summed E-state index contributed by atoms with van der Waals surface area (Å²) >= 11 is 0. The van der Waals surface area contributed by atoms with Crippen LogP contribution in [0, 0.1) is 0 Å². The van der Waals surface area contributed by atoms with Crippen LogP contribution in [0.3, 0.4) is 0 Å². The van der Waals surface area contributed by atoms with Gasteiger partial charge in [0.15, 0.2) is 11.6 Å². The van der Waals surface area contributed by atoms with Gasteiger partial charge < -0.3 is 15.2 Å². The quantitative estimate of drug-likeness (QED) is 0.602. The highest BCUT2D eigenvalue weighted by Gasteiger charge is 2.61. The molecule has 0 spiro atoms. The lowest BCUT2D eigenvalue weighted by molar-refractivity contribution is -0.269. The first-order valence-corrected chi connectivity index (χ1v) is 5.87. The van der Waals surface area contributed by atoms with Gasteiger partial charge in [0, 0.05) is 6.42 Å². The number of benzene rings is 1. The SMILES string of the molecule is COC(=O)[C@H](NC=O)[C@@](O)(Cc1ccccc1)C(F)(F)F. The van der Waals surface area contributed by atoms with Gasteiger partial charge in [-0.15, -0.1) is 0 Å². The minimum absolute atomic E-state index is 0.0940. The zero-order valence-corrected chi connectivity index (χ0v) is 11.1. The van der Waals surface area contributed by atoms with E-state index in [0.717, 1.165) is 7.11 Å². The number of carbonyl (C=O) groups is 2. The topological polar surface area (TPSA) is 75.6 Å². The van der Waals surface area contributed by atoms with Crippen molar-refractivity contribution in [1.29, 1.82) is 0 Å². The highest BCUT2D eigenvalue weighted by atomic mass is 19.4. The smallest absolute Gasteiger partial charge is 0.420 e. The third kappa shape index (κ3) is 3.72. The Morgan fingerprint density at radius 2 is 1.95 bits per heavy atom. The molecule has 1 amide bonds. The van der Waals surface area contributed by atoms with Crippen molar-refractivity contribution in [2.24, 2.45) is 0 Å². The van der Waals surface area contributed by atoms with Gasteiger partial charge in [-0.05, 0) is 5.56 Å². The van der Waals surface area contributed by atoms with E-state index in [1.807, 2.05) is 0 Å². The van der Waals surface area contributed by atoms with Crippen molar-refractivity contribution < 1.29 is 32.6 Å². The van der Waals surface area contributed by atoms with E-state index in [1.54, 1.807) is 11.4 Å². The van der Waals surface area contributed by atoms with Crippen molar-refractivity contribution in [3.05, 3.63) is 35.9 Å². The molecular weight excluding hydrogens is 291 g/mol.